The van der Waals surface area contributed by atoms with Gasteiger partial charge in [-0.2, -0.15) is 0 Å². The molecule has 1 saturated carbocycles. The van der Waals surface area contributed by atoms with Crippen LogP contribution in [0.4, 0.5) is 0 Å². The second-order valence-electron chi connectivity index (χ2n) is 2.71. The molecular formula is C8H15O. The van der Waals surface area contributed by atoms with Gasteiger partial charge in [0, 0.05) is 6.61 Å². The van der Waals surface area contributed by atoms with Crippen LogP contribution in [-0.4, -0.2) is 6.61 Å². The molecule has 1 aliphatic rings. The molecule has 0 heterocycles. The second kappa shape index (κ2) is 3.89. The van der Waals surface area contributed by atoms with Gasteiger partial charge in [0.2, 0.25) is 0 Å². The first kappa shape index (κ1) is 7.07. The molecule has 1 aliphatic carbocycles. The van der Waals surface area contributed by atoms with Gasteiger partial charge in [0.25, 0.3) is 0 Å². The summed E-state index contributed by atoms with van der Waals surface area (Å²) >= 11 is 0. The van der Waals surface area contributed by atoms with Crippen LogP contribution in [0, 0.1) is 12.5 Å². The topological polar surface area (TPSA) is 9.23 Å². The lowest BCUT2D eigenvalue weighted by Gasteiger charge is -2.24. The Morgan fingerprint density at radius 3 is 2.78 bits per heavy atom. The number of hydrogen-bond donors (Lipinski definition) is 0. The van der Waals surface area contributed by atoms with Gasteiger partial charge >= 0.3 is 0 Å². The summed E-state index contributed by atoms with van der Waals surface area (Å²) in [4.78, 5) is 0. The van der Waals surface area contributed by atoms with E-state index in [2.05, 4.69) is 6.92 Å². The fourth-order valence-electron chi connectivity index (χ4n) is 0.981. The first-order valence-corrected chi connectivity index (χ1v) is 3.86. The minimum atomic E-state index is 0.882. The Morgan fingerprint density at radius 2 is 2.33 bits per heavy atom. The molecule has 53 valence electrons. The summed E-state index contributed by atoms with van der Waals surface area (Å²) in [5.74, 6) is 0.882. The third-order valence-electron chi connectivity index (χ3n) is 1.84. The lowest BCUT2D eigenvalue weighted by molar-refractivity contribution is 0.110. The van der Waals surface area contributed by atoms with Crippen LogP contribution in [0.3, 0.4) is 0 Å². The van der Waals surface area contributed by atoms with Crippen LogP contribution >= 0.6 is 0 Å². The van der Waals surface area contributed by atoms with Gasteiger partial charge in [-0.25, -0.2) is 0 Å². The highest BCUT2D eigenvalue weighted by atomic mass is 16.5. The Labute approximate surface area is 57.4 Å². The zero-order valence-corrected chi connectivity index (χ0v) is 6.10. The minimum absolute atomic E-state index is 0.882. The molecule has 1 heteroatoms. The molecule has 0 aromatic rings. The Hall–Kier alpha value is -0.0400. The van der Waals surface area contributed by atoms with E-state index < -0.39 is 0 Å². The molecule has 1 nitrogen and oxygen atoms in total. The molecule has 0 aromatic heterocycles. The molecule has 0 aromatic carbocycles. The second-order valence-corrected chi connectivity index (χ2v) is 2.71. The van der Waals surface area contributed by atoms with Crippen molar-refractivity contribution >= 4 is 0 Å². The average molecular weight is 127 g/mol. The van der Waals surface area contributed by atoms with Crippen molar-refractivity contribution in [2.24, 2.45) is 5.92 Å². The zero-order valence-electron chi connectivity index (χ0n) is 6.10. The zero-order chi connectivity index (χ0) is 6.53. The standard InChI is InChI=1S/C8H15O/c1-2-6-9-7-8-4-3-5-8/h6,8H,2-5,7H2,1H3. The first-order valence-electron chi connectivity index (χ1n) is 3.86. The summed E-state index contributed by atoms with van der Waals surface area (Å²) in [5.41, 5.74) is 0. The highest BCUT2D eigenvalue weighted by Crippen LogP contribution is 2.26. The van der Waals surface area contributed by atoms with Gasteiger partial charge in [-0.3, -0.25) is 0 Å². The van der Waals surface area contributed by atoms with Crippen LogP contribution in [0.15, 0.2) is 0 Å². The van der Waals surface area contributed by atoms with Gasteiger partial charge in [-0.05, 0) is 25.2 Å². The van der Waals surface area contributed by atoms with Crippen molar-refractivity contribution < 1.29 is 4.74 Å². The van der Waals surface area contributed by atoms with E-state index >= 15 is 0 Å². The number of hydrogen-bond acceptors (Lipinski definition) is 1. The Kier molecular flexibility index (Phi) is 3.05. The van der Waals surface area contributed by atoms with E-state index in [1.54, 1.807) is 0 Å². The first-order chi connectivity index (χ1) is 4.43. The van der Waals surface area contributed by atoms with Crippen molar-refractivity contribution in [2.75, 3.05) is 6.61 Å². The van der Waals surface area contributed by atoms with Gasteiger partial charge < -0.3 is 4.74 Å². The summed E-state index contributed by atoms with van der Waals surface area (Å²) < 4.78 is 5.26. The van der Waals surface area contributed by atoms with E-state index in [0.717, 1.165) is 18.9 Å². The molecule has 1 radical (unpaired) electrons. The van der Waals surface area contributed by atoms with E-state index in [4.69, 9.17) is 4.74 Å². The summed E-state index contributed by atoms with van der Waals surface area (Å²) in [5, 5.41) is 0. The van der Waals surface area contributed by atoms with Gasteiger partial charge in [-0.1, -0.05) is 13.3 Å². The predicted octanol–water partition coefficient (Wildman–Crippen LogP) is 2.37. The van der Waals surface area contributed by atoms with Crippen LogP contribution in [0.5, 0.6) is 0 Å². The average Bonchev–Trinajstić information content (AvgIpc) is 1.76. The largest absolute Gasteiger partial charge is 0.375 e. The van der Waals surface area contributed by atoms with Crippen molar-refractivity contribution in [1.82, 2.24) is 0 Å². The number of rotatable bonds is 4. The fraction of sp³-hybridized carbons (Fsp3) is 0.875. The third-order valence-corrected chi connectivity index (χ3v) is 1.84. The molecule has 0 saturated heterocycles. The van der Waals surface area contributed by atoms with Crippen molar-refractivity contribution in [1.29, 1.82) is 0 Å². The van der Waals surface area contributed by atoms with Gasteiger partial charge in [-0.15, -0.1) is 0 Å². The van der Waals surface area contributed by atoms with E-state index in [0.29, 0.717) is 0 Å². The van der Waals surface area contributed by atoms with Crippen molar-refractivity contribution in [2.45, 2.75) is 32.6 Å². The molecule has 1 rings (SSSR count). The van der Waals surface area contributed by atoms with Crippen LogP contribution in [0.2, 0.25) is 0 Å². The normalized spacial score (nSPS) is 19.7. The quantitative estimate of drug-likeness (QED) is 0.527. The Bertz CT molecular complexity index is 67.0. The molecule has 0 N–H and O–H groups in total. The lowest BCUT2D eigenvalue weighted by atomic mass is 9.86. The van der Waals surface area contributed by atoms with Gasteiger partial charge in [0.05, 0.1) is 6.61 Å². The molecular weight excluding hydrogens is 112 g/mol. The van der Waals surface area contributed by atoms with E-state index in [9.17, 15) is 0 Å². The Balaban J connectivity index is 1.80. The third kappa shape index (κ3) is 2.35. The highest BCUT2D eigenvalue weighted by Gasteiger charge is 2.16. The summed E-state index contributed by atoms with van der Waals surface area (Å²) in [6.45, 7) is 4.97. The summed E-state index contributed by atoms with van der Waals surface area (Å²) in [6.07, 6.45) is 5.22. The smallest absolute Gasteiger partial charge is 0.0834 e. The van der Waals surface area contributed by atoms with Crippen LogP contribution in [0.25, 0.3) is 0 Å². The maximum atomic E-state index is 5.26. The van der Waals surface area contributed by atoms with Crippen LogP contribution in [-0.2, 0) is 4.74 Å². The van der Waals surface area contributed by atoms with Crippen molar-refractivity contribution in [3.8, 4) is 0 Å². The van der Waals surface area contributed by atoms with E-state index in [1.165, 1.54) is 19.3 Å². The predicted molar refractivity (Wildman–Crippen MR) is 37.9 cm³/mol. The van der Waals surface area contributed by atoms with Gasteiger partial charge in [0.1, 0.15) is 0 Å². The van der Waals surface area contributed by atoms with Crippen molar-refractivity contribution in [3.05, 3.63) is 6.61 Å². The Morgan fingerprint density at radius 1 is 1.56 bits per heavy atom. The molecule has 0 bridgehead atoms. The van der Waals surface area contributed by atoms with Crippen LogP contribution < -0.4 is 0 Å². The van der Waals surface area contributed by atoms with E-state index in [1.807, 2.05) is 6.61 Å². The maximum Gasteiger partial charge on any atom is 0.0834 e. The molecule has 1 fully saturated rings. The molecule has 9 heavy (non-hydrogen) atoms. The van der Waals surface area contributed by atoms with Crippen molar-refractivity contribution in [3.63, 3.8) is 0 Å². The molecule has 0 aliphatic heterocycles. The molecule has 0 spiro atoms. The van der Waals surface area contributed by atoms with Gasteiger partial charge in [0.15, 0.2) is 0 Å². The summed E-state index contributed by atoms with van der Waals surface area (Å²) in [6, 6.07) is 0. The van der Waals surface area contributed by atoms with Crippen LogP contribution in [0.1, 0.15) is 32.6 Å². The van der Waals surface area contributed by atoms with E-state index in [-0.39, 0.29) is 0 Å². The molecule has 0 amide bonds. The number of ether oxygens (including phenoxy) is 1. The summed E-state index contributed by atoms with van der Waals surface area (Å²) in [7, 11) is 0. The lowest BCUT2D eigenvalue weighted by Crippen LogP contribution is -2.16. The minimum Gasteiger partial charge on any atom is -0.375 e. The fourth-order valence-corrected chi connectivity index (χ4v) is 0.981. The molecule has 0 atom stereocenters. The maximum absolute atomic E-state index is 5.26. The SMILES string of the molecule is CC[CH]OCC1CCC1. The molecule has 0 unspecified atom stereocenters. The monoisotopic (exact) mass is 127 g/mol. The highest BCUT2D eigenvalue weighted by molar-refractivity contribution is 4.68.